The van der Waals surface area contributed by atoms with Gasteiger partial charge in [0.2, 0.25) is 11.8 Å². The maximum absolute atomic E-state index is 12.0. The fourth-order valence-electron chi connectivity index (χ4n) is 2.79. The van der Waals surface area contributed by atoms with Gasteiger partial charge in [0.15, 0.2) is 0 Å². The number of anilines is 2. The van der Waals surface area contributed by atoms with Crippen LogP contribution in [0.5, 0.6) is 0 Å². The molecule has 0 radical (unpaired) electrons. The molecule has 0 spiro atoms. The van der Waals surface area contributed by atoms with Gasteiger partial charge in [0, 0.05) is 23.9 Å². The summed E-state index contributed by atoms with van der Waals surface area (Å²) in [7, 11) is 0. The Morgan fingerprint density at radius 3 is 1.77 bits per heavy atom. The second-order valence-corrected chi connectivity index (χ2v) is 12.3. The van der Waals surface area contributed by atoms with Gasteiger partial charge in [0.1, 0.15) is 0 Å². The van der Waals surface area contributed by atoms with Crippen LogP contribution in [0.1, 0.15) is 31.6 Å². The number of fused-ring (bicyclic) bond motifs is 1. The molecule has 0 saturated carbocycles. The number of carbonyl (C=O) groups excluding carboxylic acids is 3. The molecule has 1 N–H and O–H groups in total. The Labute approximate surface area is 247 Å². The van der Waals surface area contributed by atoms with E-state index in [1.165, 1.54) is 31.2 Å². The molecule has 3 aromatic carbocycles. The van der Waals surface area contributed by atoms with E-state index in [0.29, 0.717) is 20.8 Å². The number of halogens is 6. The summed E-state index contributed by atoms with van der Waals surface area (Å²) in [5, 5.41) is 10.8. The quantitative estimate of drug-likeness (QED) is 0.128. The molecule has 14 heteroatoms. The third-order valence-electron chi connectivity index (χ3n) is 4.48. The van der Waals surface area contributed by atoms with Gasteiger partial charge in [-0.25, -0.2) is 0 Å². The van der Waals surface area contributed by atoms with Crippen molar-refractivity contribution in [3.63, 3.8) is 0 Å². The van der Waals surface area contributed by atoms with Crippen LogP contribution in [0.25, 0.3) is 0 Å². The van der Waals surface area contributed by atoms with Crippen LogP contribution in [0.4, 0.5) is 24.5 Å². The molecule has 3 aromatic rings. The molecule has 0 unspecified atom stereocenters. The van der Waals surface area contributed by atoms with E-state index in [1.54, 1.807) is 24.3 Å². The minimum absolute atomic E-state index is 0. The first-order valence-corrected chi connectivity index (χ1v) is 15.6. The molecule has 2 amide bonds. The fourth-order valence-corrected chi connectivity index (χ4v) is 6.05. The van der Waals surface area contributed by atoms with Crippen molar-refractivity contribution in [1.29, 1.82) is 0 Å². The van der Waals surface area contributed by atoms with Gasteiger partial charge in [0.25, 0.3) is 0 Å². The summed E-state index contributed by atoms with van der Waals surface area (Å²) in [5.74, 6) is -1.45. The number of hydrogen-bond donors (Lipinski definition) is 1. The molecule has 8 nitrogen and oxygen atoms in total. The molecular weight excluding hydrogens is 691 g/mol. The summed E-state index contributed by atoms with van der Waals surface area (Å²) >= 11 is 9.65. The Balaban J connectivity index is 0.000000302. The number of amides is 2. The van der Waals surface area contributed by atoms with Gasteiger partial charge in [0.05, 0.1) is 11.4 Å². The number of rotatable bonds is 3. The van der Waals surface area contributed by atoms with Gasteiger partial charge in [-0.3, -0.25) is 14.8 Å². The summed E-state index contributed by atoms with van der Waals surface area (Å²) < 4.78 is 42.3. The van der Waals surface area contributed by atoms with Crippen molar-refractivity contribution in [2.75, 3.05) is 15.1 Å². The van der Waals surface area contributed by atoms with Gasteiger partial charge in [-0.2, -0.15) is 15.0 Å². The monoisotopic (exact) mass is 716 g/mol. The number of alkyl halides is 4. The van der Waals surface area contributed by atoms with Crippen LogP contribution in [0.15, 0.2) is 72.8 Å². The third kappa shape index (κ3) is 10.9. The van der Waals surface area contributed by atoms with Crippen molar-refractivity contribution in [2.45, 2.75) is 27.6 Å². The predicted octanol–water partition coefficient (Wildman–Crippen LogP) is 7.94. The molecular formula is C26H26Cl2F3IN2O6. The zero-order valence-electron chi connectivity index (χ0n) is 20.6. The average Bonchev–Trinajstić information content (AvgIpc) is 3.17. The molecule has 4 rings (SSSR count). The van der Waals surface area contributed by atoms with E-state index in [4.69, 9.17) is 31.5 Å². The van der Waals surface area contributed by atoms with E-state index in [-0.39, 0.29) is 24.1 Å². The molecule has 1 aliphatic rings. The molecule has 0 fully saturated rings. The SMILES string of the molecule is C.CC(=O)N(O)c1ccc(Cl)cc1.CC(=O)N(OC(F)(F)F)c1ccc(Cl)cc1.CI1OC(=O)c2ccccc21. The summed E-state index contributed by atoms with van der Waals surface area (Å²) in [5.41, 5.74) is 1.14. The van der Waals surface area contributed by atoms with Crippen molar-refractivity contribution in [2.24, 2.45) is 0 Å². The van der Waals surface area contributed by atoms with Crippen LogP contribution < -0.4 is 10.1 Å². The Kier molecular flexibility index (Phi) is 13.8. The molecule has 0 saturated heterocycles. The first-order chi connectivity index (χ1) is 18.2. The van der Waals surface area contributed by atoms with E-state index in [1.807, 2.05) is 29.2 Å². The second kappa shape index (κ2) is 15.8. The molecule has 1 aliphatic heterocycles. The van der Waals surface area contributed by atoms with E-state index >= 15 is 0 Å². The summed E-state index contributed by atoms with van der Waals surface area (Å²) in [6, 6.07) is 19.2. The molecule has 0 aliphatic carbocycles. The molecule has 0 atom stereocenters. The summed E-state index contributed by atoms with van der Waals surface area (Å²) in [4.78, 5) is 38.3. The molecule has 1 heterocycles. The zero-order valence-corrected chi connectivity index (χ0v) is 24.2. The van der Waals surface area contributed by atoms with Gasteiger partial charge in [-0.05, 0) is 48.5 Å². The number of hydrogen-bond acceptors (Lipinski definition) is 6. The van der Waals surface area contributed by atoms with Crippen LogP contribution in [0.2, 0.25) is 10.0 Å². The molecule has 0 bridgehead atoms. The van der Waals surface area contributed by atoms with E-state index in [2.05, 4.69) is 4.84 Å². The van der Waals surface area contributed by atoms with Crippen molar-refractivity contribution >= 4 is 72.6 Å². The van der Waals surface area contributed by atoms with Gasteiger partial charge < -0.3 is 0 Å². The van der Waals surface area contributed by atoms with Gasteiger partial charge in [-0.15, -0.1) is 13.2 Å². The Morgan fingerprint density at radius 2 is 1.35 bits per heavy atom. The fraction of sp³-hybridized carbons (Fsp3) is 0.192. The number of benzene rings is 3. The first kappa shape index (κ1) is 35.1. The Bertz CT molecular complexity index is 1290. The van der Waals surface area contributed by atoms with E-state index < -0.39 is 38.4 Å². The van der Waals surface area contributed by atoms with Crippen LogP contribution in [0.3, 0.4) is 0 Å². The number of carbonyl (C=O) groups is 3. The van der Waals surface area contributed by atoms with Crippen LogP contribution in [-0.2, 0) is 17.5 Å². The Hall–Kier alpha value is -2.91. The normalized spacial score (nSPS) is 12.3. The summed E-state index contributed by atoms with van der Waals surface area (Å²) in [6.07, 6.45) is -4.93. The molecule has 218 valence electrons. The minimum atomic E-state index is -4.93. The van der Waals surface area contributed by atoms with Crippen molar-refractivity contribution in [1.82, 2.24) is 0 Å². The number of nitrogens with zero attached hydrogens (tertiary/aromatic N) is 2. The zero-order chi connectivity index (χ0) is 29.3. The van der Waals surface area contributed by atoms with Gasteiger partial charge in [-0.1, -0.05) is 30.6 Å². The van der Waals surface area contributed by atoms with E-state index in [9.17, 15) is 27.6 Å². The van der Waals surface area contributed by atoms with Crippen molar-refractivity contribution in [3.05, 3.63) is 92.0 Å². The second-order valence-electron chi connectivity index (χ2n) is 7.40. The molecule has 0 aromatic heterocycles. The third-order valence-corrected chi connectivity index (χ3v) is 8.62. The standard InChI is InChI=1S/C9H7ClF3NO2.C8H8ClNO2.C8H7IO2.CH4/c1-6(15)14(16-9(11,12)13)8-4-2-7(10)3-5-8;1-6(11)10(12)8-4-2-7(9)3-5-8;1-9-7-5-3-2-4-6(7)8(10)11-9;/h2-5H,1H3;2-5,12H,1H3;2-5H,1H3;1H4. The van der Waals surface area contributed by atoms with Crippen molar-refractivity contribution < 1.29 is 40.7 Å². The van der Waals surface area contributed by atoms with E-state index in [0.717, 1.165) is 16.1 Å². The Morgan fingerprint density at radius 1 is 0.875 bits per heavy atom. The van der Waals surface area contributed by atoms with Crippen molar-refractivity contribution in [3.8, 4) is 0 Å². The topological polar surface area (TPSA) is 96.4 Å². The maximum atomic E-state index is 12.0. The van der Waals surface area contributed by atoms with Crippen LogP contribution in [0, 0.1) is 3.57 Å². The first-order valence-electron chi connectivity index (χ1n) is 10.7. The summed E-state index contributed by atoms with van der Waals surface area (Å²) in [6.45, 7) is 2.23. The molecule has 40 heavy (non-hydrogen) atoms. The van der Waals surface area contributed by atoms with Crippen LogP contribution in [-0.4, -0.2) is 34.3 Å². The average molecular weight is 717 g/mol. The number of hydroxylamine groups is 2. The van der Waals surface area contributed by atoms with Gasteiger partial charge >= 0.3 is 78.8 Å². The van der Waals surface area contributed by atoms with Crippen LogP contribution >= 0.6 is 43.4 Å². The predicted molar refractivity (Wildman–Crippen MR) is 155 cm³/mol.